The normalized spacial score (nSPS) is 14.6. The van der Waals surface area contributed by atoms with E-state index in [1.165, 1.54) is 24.3 Å². The van der Waals surface area contributed by atoms with Crippen LogP contribution in [-0.4, -0.2) is 43.7 Å². The number of imide groups is 1. The third-order valence-electron chi connectivity index (χ3n) is 3.82. The number of primary amides is 1. The van der Waals surface area contributed by atoms with Gasteiger partial charge in [-0.15, -0.1) is 0 Å². The number of urea groups is 1. The number of nitrogens with two attached hydrogens (primary N) is 1. The van der Waals surface area contributed by atoms with Crippen molar-refractivity contribution in [2.75, 3.05) is 19.8 Å². The van der Waals surface area contributed by atoms with E-state index in [1.54, 1.807) is 12.1 Å². The van der Waals surface area contributed by atoms with E-state index in [9.17, 15) is 14.4 Å². The number of ether oxygens (including phenoxy) is 3. The van der Waals surface area contributed by atoms with E-state index in [0.29, 0.717) is 22.8 Å². The Bertz CT molecular complexity index is 868. The van der Waals surface area contributed by atoms with E-state index >= 15 is 0 Å². The maximum absolute atomic E-state index is 11.8. The number of hydrogen-bond acceptors (Lipinski definition) is 6. The highest BCUT2D eigenvalue weighted by atomic mass is 16.6. The van der Waals surface area contributed by atoms with Gasteiger partial charge in [0.15, 0.2) is 24.2 Å². The molecule has 1 aliphatic heterocycles. The lowest BCUT2D eigenvalue weighted by molar-refractivity contribution is -0.122. The van der Waals surface area contributed by atoms with Crippen LogP contribution >= 0.6 is 0 Å². The summed E-state index contributed by atoms with van der Waals surface area (Å²) in [4.78, 5) is 34.6. The van der Waals surface area contributed by atoms with Gasteiger partial charge in [-0.3, -0.25) is 14.9 Å². The molecule has 9 nitrogen and oxygen atoms in total. The average molecular weight is 385 g/mol. The Morgan fingerprint density at radius 2 is 1.79 bits per heavy atom. The zero-order chi connectivity index (χ0) is 19.9. The van der Waals surface area contributed by atoms with Crippen molar-refractivity contribution in [3.8, 4) is 17.2 Å². The summed E-state index contributed by atoms with van der Waals surface area (Å²) in [6.07, 6.45) is -0.365. The summed E-state index contributed by atoms with van der Waals surface area (Å²) in [7, 11) is 0. The van der Waals surface area contributed by atoms with Crippen LogP contribution in [0.2, 0.25) is 0 Å². The number of fused-ring (bicyclic) bond motifs is 1. The molecule has 0 saturated carbocycles. The van der Waals surface area contributed by atoms with Crippen LogP contribution in [0.15, 0.2) is 48.5 Å². The van der Waals surface area contributed by atoms with Crippen molar-refractivity contribution in [3.63, 3.8) is 0 Å². The molecule has 0 fully saturated rings. The average Bonchev–Trinajstić information content (AvgIpc) is 2.71. The first-order valence-electron chi connectivity index (χ1n) is 8.50. The van der Waals surface area contributed by atoms with Crippen molar-refractivity contribution in [1.29, 1.82) is 0 Å². The van der Waals surface area contributed by atoms with Crippen molar-refractivity contribution in [3.05, 3.63) is 54.1 Å². The fourth-order valence-electron chi connectivity index (χ4n) is 2.44. The molecule has 1 aliphatic rings. The summed E-state index contributed by atoms with van der Waals surface area (Å²) in [5.41, 5.74) is 5.47. The van der Waals surface area contributed by atoms with Crippen molar-refractivity contribution in [1.82, 2.24) is 10.6 Å². The Labute approximate surface area is 160 Å². The van der Waals surface area contributed by atoms with Gasteiger partial charge < -0.3 is 25.3 Å². The van der Waals surface area contributed by atoms with Crippen molar-refractivity contribution >= 4 is 17.8 Å². The topological polar surface area (TPSA) is 129 Å². The Hall–Kier alpha value is -3.75. The predicted octanol–water partition coefficient (Wildman–Crippen LogP) is 0.830. The van der Waals surface area contributed by atoms with E-state index in [1.807, 2.05) is 12.1 Å². The second-order valence-electron chi connectivity index (χ2n) is 5.93. The predicted molar refractivity (Wildman–Crippen MR) is 98.3 cm³/mol. The van der Waals surface area contributed by atoms with Gasteiger partial charge in [-0.2, -0.15) is 0 Å². The van der Waals surface area contributed by atoms with Gasteiger partial charge in [-0.25, -0.2) is 4.79 Å². The van der Waals surface area contributed by atoms with E-state index in [4.69, 9.17) is 19.9 Å². The van der Waals surface area contributed by atoms with Crippen LogP contribution in [0.4, 0.5) is 4.79 Å². The van der Waals surface area contributed by atoms with Gasteiger partial charge in [-0.05, 0) is 36.4 Å². The molecule has 0 saturated heterocycles. The second-order valence-corrected chi connectivity index (χ2v) is 5.93. The standard InChI is InChI=1S/C19H19N3O6/c20-18(24)12-5-7-13(8-6-12)26-11-17(23)22-19(25)21-9-14-10-27-15-3-1-2-4-16(15)28-14/h1-8,14H,9-11H2,(H2,20,24)(H2,21,22,23,25). The fraction of sp³-hybridized carbons (Fsp3) is 0.211. The molecular formula is C19H19N3O6. The Morgan fingerprint density at radius 1 is 1.07 bits per heavy atom. The number of rotatable bonds is 6. The SMILES string of the molecule is NC(=O)c1ccc(OCC(=O)NC(=O)NCC2COc3ccccc3O2)cc1. The van der Waals surface area contributed by atoms with Gasteiger partial charge in [0.1, 0.15) is 12.4 Å². The maximum Gasteiger partial charge on any atom is 0.321 e. The van der Waals surface area contributed by atoms with Gasteiger partial charge in [-0.1, -0.05) is 12.1 Å². The van der Waals surface area contributed by atoms with E-state index in [-0.39, 0.29) is 25.9 Å². The van der Waals surface area contributed by atoms with Crippen molar-refractivity contribution < 1.29 is 28.6 Å². The van der Waals surface area contributed by atoms with Crippen LogP contribution in [-0.2, 0) is 4.79 Å². The summed E-state index contributed by atoms with van der Waals surface area (Å²) < 4.78 is 16.5. The number of para-hydroxylation sites is 2. The highest BCUT2D eigenvalue weighted by Gasteiger charge is 2.21. The molecule has 4 N–H and O–H groups in total. The van der Waals surface area contributed by atoms with Gasteiger partial charge >= 0.3 is 6.03 Å². The zero-order valence-electron chi connectivity index (χ0n) is 14.8. The number of nitrogens with one attached hydrogen (secondary N) is 2. The molecule has 28 heavy (non-hydrogen) atoms. The number of carbonyl (C=O) groups excluding carboxylic acids is 3. The molecule has 0 bridgehead atoms. The molecule has 0 aliphatic carbocycles. The Balaban J connectivity index is 1.37. The van der Waals surface area contributed by atoms with Crippen LogP contribution in [0.1, 0.15) is 10.4 Å². The smallest absolute Gasteiger partial charge is 0.321 e. The van der Waals surface area contributed by atoms with Gasteiger partial charge in [0, 0.05) is 5.56 Å². The summed E-state index contributed by atoms with van der Waals surface area (Å²) >= 11 is 0. The molecule has 146 valence electrons. The molecule has 2 aromatic carbocycles. The lowest BCUT2D eigenvalue weighted by atomic mass is 10.2. The zero-order valence-corrected chi connectivity index (χ0v) is 14.8. The minimum absolute atomic E-state index is 0.170. The van der Waals surface area contributed by atoms with Crippen molar-refractivity contribution in [2.45, 2.75) is 6.10 Å². The molecule has 1 unspecified atom stereocenters. The number of hydrogen-bond donors (Lipinski definition) is 3. The Morgan fingerprint density at radius 3 is 2.50 bits per heavy atom. The number of amides is 4. The fourth-order valence-corrected chi connectivity index (χ4v) is 2.44. The molecular weight excluding hydrogens is 366 g/mol. The molecule has 2 aromatic rings. The van der Waals surface area contributed by atoms with Gasteiger partial charge in [0.05, 0.1) is 6.54 Å². The van der Waals surface area contributed by atoms with Crippen LogP contribution in [0, 0.1) is 0 Å². The molecule has 3 rings (SSSR count). The van der Waals surface area contributed by atoms with Gasteiger partial charge in [0.25, 0.3) is 5.91 Å². The summed E-state index contributed by atoms with van der Waals surface area (Å²) in [5, 5.41) is 4.70. The highest BCUT2D eigenvalue weighted by Crippen LogP contribution is 2.30. The third kappa shape index (κ3) is 5.13. The highest BCUT2D eigenvalue weighted by molar-refractivity contribution is 5.95. The van der Waals surface area contributed by atoms with Crippen molar-refractivity contribution in [2.24, 2.45) is 5.73 Å². The number of carbonyl (C=O) groups is 3. The summed E-state index contributed by atoms with van der Waals surface area (Å²) in [6.45, 7) is 0.0955. The first-order chi connectivity index (χ1) is 13.5. The second kappa shape index (κ2) is 8.76. The Kier molecular flexibility index (Phi) is 5.95. The molecule has 0 spiro atoms. The lowest BCUT2D eigenvalue weighted by Gasteiger charge is -2.26. The first-order valence-corrected chi connectivity index (χ1v) is 8.50. The number of benzene rings is 2. The lowest BCUT2D eigenvalue weighted by Crippen LogP contribution is -2.47. The maximum atomic E-state index is 11.8. The minimum atomic E-state index is -0.667. The largest absolute Gasteiger partial charge is 0.486 e. The van der Waals surface area contributed by atoms with E-state index in [0.717, 1.165) is 0 Å². The van der Waals surface area contributed by atoms with E-state index in [2.05, 4.69) is 10.6 Å². The molecule has 1 heterocycles. The van der Waals surface area contributed by atoms with Crippen LogP contribution in [0.3, 0.4) is 0 Å². The van der Waals surface area contributed by atoms with Crippen LogP contribution in [0.5, 0.6) is 17.2 Å². The molecule has 0 aromatic heterocycles. The van der Waals surface area contributed by atoms with Gasteiger partial charge in [0.2, 0.25) is 5.91 Å². The monoisotopic (exact) mass is 385 g/mol. The molecule has 0 radical (unpaired) electrons. The molecule has 4 amide bonds. The molecule has 9 heteroatoms. The quantitative estimate of drug-likeness (QED) is 0.675. The summed E-state index contributed by atoms with van der Waals surface area (Å²) in [6, 6.07) is 12.5. The van der Waals surface area contributed by atoms with Crippen LogP contribution in [0.25, 0.3) is 0 Å². The van der Waals surface area contributed by atoms with E-state index < -0.39 is 17.8 Å². The summed E-state index contributed by atoms with van der Waals surface area (Å²) in [5.74, 6) is 0.443. The molecule has 1 atom stereocenters. The first kappa shape index (κ1) is 19.0. The minimum Gasteiger partial charge on any atom is -0.486 e. The third-order valence-corrected chi connectivity index (χ3v) is 3.82. The van der Waals surface area contributed by atoms with Crippen LogP contribution < -0.4 is 30.6 Å².